The van der Waals surface area contributed by atoms with E-state index < -0.39 is 0 Å². The molecule has 0 aliphatic carbocycles. The Morgan fingerprint density at radius 1 is 0.162 bits per heavy atom. The summed E-state index contributed by atoms with van der Waals surface area (Å²) in [5.74, 6) is 2.46. The van der Waals surface area contributed by atoms with Crippen molar-refractivity contribution in [2.24, 2.45) is 0 Å². The number of benzene rings is 20. The molecule has 142 heavy (non-hydrogen) atoms. The molecule has 0 N–H and O–H groups in total. The fraction of sp³-hybridized carbons (Fsp3) is 0. The number of aromatic nitrogens is 13. The van der Waals surface area contributed by atoms with Crippen LogP contribution in [0.1, 0.15) is 0 Å². The summed E-state index contributed by atoms with van der Waals surface area (Å²) in [5.41, 5.74) is 31.6. The van der Waals surface area contributed by atoms with Gasteiger partial charge in [-0.1, -0.05) is 279 Å². The molecule has 15 nitrogen and oxygen atoms in total. The Kier molecular flexibility index (Phi) is 18.9. The Morgan fingerprint density at radius 3 is 0.873 bits per heavy atom. The molecule has 0 atom stereocenters. The van der Waals surface area contributed by atoms with Crippen LogP contribution in [0.3, 0.4) is 0 Å². The summed E-state index contributed by atoms with van der Waals surface area (Å²) in [5, 5.41) is 15.0. The van der Waals surface area contributed by atoms with Crippen molar-refractivity contribution in [3.63, 3.8) is 0 Å². The summed E-state index contributed by atoms with van der Waals surface area (Å²) >= 11 is 0. The van der Waals surface area contributed by atoms with Crippen molar-refractivity contribution in [1.29, 1.82) is 0 Å². The van der Waals surface area contributed by atoms with Gasteiger partial charge in [0, 0.05) is 95.0 Å². The summed E-state index contributed by atoms with van der Waals surface area (Å²) < 4.78 is 13.6. The molecule has 0 spiro atoms. The Hall–Kier alpha value is -19.5. The molecule has 0 saturated heterocycles. The minimum Gasteiger partial charge on any atom is -0.310 e. The largest absolute Gasteiger partial charge is 0.310 e. The molecule has 0 aliphatic heterocycles. The quantitative estimate of drug-likeness (QED) is 0.118. The molecule has 0 fully saturated rings. The molecule has 30 rings (SSSR count). The van der Waals surface area contributed by atoms with Crippen LogP contribution in [-0.4, -0.2) is 61.8 Å². The van der Waals surface area contributed by atoms with E-state index in [0.717, 1.165) is 179 Å². The predicted molar refractivity (Wildman–Crippen MR) is 585 cm³/mol. The Morgan fingerprint density at radius 2 is 0.444 bits per heavy atom. The van der Waals surface area contributed by atoms with Gasteiger partial charge >= 0.3 is 0 Å². The van der Waals surface area contributed by atoms with E-state index in [1.165, 1.54) is 76.3 Å². The van der Waals surface area contributed by atoms with Gasteiger partial charge in [-0.2, -0.15) is 0 Å². The summed E-state index contributed by atoms with van der Waals surface area (Å²) in [6.45, 7) is 0. The SMILES string of the molecule is c1ccc(-c2ccc(N(c3ccccc3)c3ccc4c(c3)c3c5ccccc5ccc3n4-c3nc4ccccc4c4nc5ccccc5n34)cc2)cc1.c1ccc(N(c2ccccc2)c2ccc3c(c2)c2c4ccccc4ccc2n3-c2nc3ccccc3c3nc4ccccc4n23)cc1.c1ccc2c(c1)nc(-n1c3ccccc3c3cc(-c4ccc(-c5ccncc5)cc4)ccc31)n1c3ccccc3nc21. The Balaban J connectivity index is 0.000000105. The summed E-state index contributed by atoms with van der Waals surface area (Å²) in [7, 11) is 0. The van der Waals surface area contributed by atoms with Gasteiger partial charge in [-0.25, -0.2) is 29.9 Å². The molecule has 0 saturated carbocycles. The van der Waals surface area contributed by atoms with Crippen LogP contribution in [0.4, 0.5) is 34.1 Å². The average molecular weight is 1820 g/mol. The number of pyridine rings is 1. The summed E-state index contributed by atoms with van der Waals surface area (Å²) in [4.78, 5) is 40.2. The highest BCUT2D eigenvalue weighted by Gasteiger charge is 2.28. The van der Waals surface area contributed by atoms with Gasteiger partial charge < -0.3 is 9.80 Å². The molecule has 10 aromatic heterocycles. The fourth-order valence-electron chi connectivity index (χ4n) is 21.5. The smallest absolute Gasteiger partial charge is 0.221 e. The highest BCUT2D eigenvalue weighted by molar-refractivity contribution is 6.24. The van der Waals surface area contributed by atoms with Crippen molar-refractivity contribution in [3.05, 3.63) is 492 Å². The van der Waals surface area contributed by atoms with E-state index in [0.29, 0.717) is 0 Å². The van der Waals surface area contributed by atoms with Crippen LogP contribution in [0.5, 0.6) is 0 Å². The zero-order valence-corrected chi connectivity index (χ0v) is 76.5. The zero-order chi connectivity index (χ0) is 93.4. The molecule has 20 aromatic carbocycles. The van der Waals surface area contributed by atoms with Gasteiger partial charge in [-0.15, -0.1) is 0 Å². The molecule has 0 unspecified atom stereocenters. The standard InChI is InChI=1S/C48H31N5.C42H27N5.C37H23N5/c1-3-13-32(14-4-1)33-23-26-36(27-24-33)51(35-16-5-2-6-17-35)37-28-30-43-40(31-37)46-38-18-8-7-15-34(38)25-29-45(46)52(43)48-50-41-20-10-9-19-39(41)47-49-42-21-11-12-22-44(42)53(47)48;1-3-14-29(15-4-1)45(30-16-5-2-6-17-30)31-24-26-37-34(27-31)40-32-18-8-7-13-28(32)23-25-39(40)46(37)42-44-35-20-10-9-19-33(35)41-43-36-21-11-12-22-38(36)47(41)42;1-3-9-31-29(8-1)36-39-32-10-4-6-12-35(32)42(36)37(40-31)41-33-11-5-2-7-28(33)30-23-27(17-18-34(30)41)25-15-13-24(14-16-25)26-19-21-38-22-20-26/h1-31H;1-27H;1-23H. The summed E-state index contributed by atoms with van der Waals surface area (Å²) in [6.07, 6.45) is 3.66. The molecule has 0 bridgehead atoms. The third kappa shape index (κ3) is 13.2. The number of hydrogen-bond acceptors (Lipinski definition) is 9. The van der Waals surface area contributed by atoms with Gasteiger partial charge in [-0.3, -0.25) is 31.9 Å². The van der Waals surface area contributed by atoms with Gasteiger partial charge in [0.1, 0.15) is 16.9 Å². The van der Waals surface area contributed by atoms with Crippen molar-refractivity contribution in [3.8, 4) is 51.2 Å². The lowest BCUT2D eigenvalue weighted by Crippen LogP contribution is -2.10. The first-order chi connectivity index (χ1) is 70.5. The maximum Gasteiger partial charge on any atom is 0.221 e. The molecule has 0 radical (unpaired) electrons. The predicted octanol–water partition coefficient (Wildman–Crippen LogP) is 32.0. The van der Waals surface area contributed by atoms with Gasteiger partial charge in [0.2, 0.25) is 17.8 Å². The van der Waals surface area contributed by atoms with E-state index in [1.807, 2.05) is 54.9 Å². The first-order valence-corrected chi connectivity index (χ1v) is 47.8. The molecule has 664 valence electrons. The zero-order valence-electron chi connectivity index (χ0n) is 76.5. The number of anilines is 6. The average Bonchev–Trinajstić information content (AvgIpc) is 1.56. The van der Waals surface area contributed by atoms with Crippen LogP contribution in [0.2, 0.25) is 0 Å². The van der Waals surface area contributed by atoms with E-state index >= 15 is 0 Å². The highest BCUT2D eigenvalue weighted by Crippen LogP contribution is 2.48. The number of para-hydroxylation sites is 13. The van der Waals surface area contributed by atoms with Crippen LogP contribution >= 0.6 is 0 Å². The van der Waals surface area contributed by atoms with Crippen LogP contribution in [-0.2, 0) is 0 Å². The maximum absolute atomic E-state index is 5.41. The molecular weight excluding hydrogens is 1740 g/mol. The second kappa shape index (κ2) is 33.2. The first kappa shape index (κ1) is 80.9. The molecular formula is C127H81N15. The Bertz CT molecular complexity index is 10200. The lowest BCUT2D eigenvalue weighted by Gasteiger charge is -2.26. The van der Waals surface area contributed by atoms with Crippen molar-refractivity contribution in [2.45, 2.75) is 0 Å². The fourth-order valence-corrected chi connectivity index (χ4v) is 21.5. The van der Waals surface area contributed by atoms with Gasteiger partial charge in [0.05, 0.1) is 82.8 Å². The van der Waals surface area contributed by atoms with Crippen LogP contribution in [0.15, 0.2) is 492 Å². The maximum atomic E-state index is 5.41. The second-order valence-corrected chi connectivity index (χ2v) is 36.0. The van der Waals surface area contributed by atoms with Crippen molar-refractivity contribution < 1.29 is 0 Å². The third-order valence-corrected chi connectivity index (χ3v) is 28.0. The molecule has 30 aromatic rings. The monoisotopic (exact) mass is 1820 g/mol. The van der Waals surface area contributed by atoms with Crippen molar-refractivity contribution in [2.75, 3.05) is 9.80 Å². The minimum absolute atomic E-state index is 0.812. The minimum atomic E-state index is 0.812. The van der Waals surface area contributed by atoms with Gasteiger partial charge in [0.25, 0.3) is 0 Å². The van der Waals surface area contributed by atoms with Crippen molar-refractivity contribution in [1.82, 2.24) is 61.8 Å². The molecule has 0 aliphatic rings. The number of rotatable bonds is 12. The highest BCUT2D eigenvalue weighted by atomic mass is 15.3. The molecule has 0 amide bonds. The van der Waals surface area contributed by atoms with E-state index in [-0.39, 0.29) is 0 Å². The molecule has 10 heterocycles. The molecule has 15 heteroatoms. The number of hydrogen-bond donors (Lipinski definition) is 0. The third-order valence-electron chi connectivity index (χ3n) is 28.0. The van der Waals surface area contributed by atoms with Gasteiger partial charge in [-0.05, 0) is 255 Å². The van der Waals surface area contributed by atoms with E-state index in [2.05, 4.69) is 478 Å². The number of fused-ring (bicyclic) bond motifs is 28. The number of imidazole rings is 3. The normalized spacial score (nSPS) is 11.8. The lowest BCUT2D eigenvalue weighted by molar-refractivity contribution is 0.979. The van der Waals surface area contributed by atoms with E-state index in [4.69, 9.17) is 29.9 Å². The van der Waals surface area contributed by atoms with Crippen LogP contribution in [0, 0.1) is 0 Å². The van der Waals surface area contributed by atoms with Crippen molar-refractivity contribution >= 4 is 204 Å². The van der Waals surface area contributed by atoms with Crippen LogP contribution in [0.25, 0.3) is 221 Å². The lowest BCUT2D eigenvalue weighted by atomic mass is 9.99. The first-order valence-electron chi connectivity index (χ1n) is 47.8. The number of nitrogens with zero attached hydrogens (tertiary/aromatic N) is 15. The summed E-state index contributed by atoms with van der Waals surface area (Å²) in [6, 6.07) is 169. The second-order valence-electron chi connectivity index (χ2n) is 36.0. The van der Waals surface area contributed by atoms with E-state index in [1.54, 1.807) is 0 Å². The Labute approximate surface area is 812 Å². The van der Waals surface area contributed by atoms with Crippen LogP contribution < -0.4 is 9.80 Å². The topological polar surface area (TPSA) is 125 Å². The van der Waals surface area contributed by atoms with E-state index in [9.17, 15) is 0 Å². The van der Waals surface area contributed by atoms with Gasteiger partial charge in [0.15, 0.2) is 0 Å².